The van der Waals surface area contributed by atoms with Crippen LogP contribution >= 0.6 is 0 Å². The number of carboxylic acids is 1. The van der Waals surface area contributed by atoms with Gasteiger partial charge < -0.3 is 19.6 Å². The lowest BCUT2D eigenvalue weighted by atomic mass is 10.1. The van der Waals surface area contributed by atoms with Crippen molar-refractivity contribution in [2.45, 2.75) is 20.3 Å². The van der Waals surface area contributed by atoms with E-state index in [0.29, 0.717) is 12.1 Å². The van der Waals surface area contributed by atoms with E-state index in [0.717, 1.165) is 32.0 Å². The molecule has 0 atom stereocenters. The maximum Gasteiger partial charge on any atom is 0.305 e. The van der Waals surface area contributed by atoms with E-state index in [-0.39, 0.29) is 24.8 Å². The van der Waals surface area contributed by atoms with Gasteiger partial charge in [-0.25, -0.2) is 0 Å². The van der Waals surface area contributed by atoms with E-state index in [4.69, 9.17) is 9.84 Å². The van der Waals surface area contributed by atoms with Crippen molar-refractivity contribution in [3.05, 3.63) is 29.8 Å². The van der Waals surface area contributed by atoms with Crippen LogP contribution in [0.15, 0.2) is 24.3 Å². The van der Waals surface area contributed by atoms with Crippen LogP contribution in [0.25, 0.3) is 0 Å². The number of amides is 1. The van der Waals surface area contributed by atoms with Crippen molar-refractivity contribution in [2.24, 2.45) is 5.92 Å². The Bertz CT molecular complexity index is 551. The topological polar surface area (TPSA) is 70.1 Å². The van der Waals surface area contributed by atoms with Gasteiger partial charge in [0.1, 0.15) is 0 Å². The summed E-state index contributed by atoms with van der Waals surface area (Å²) in [6.45, 7) is 7.97. The number of anilines is 1. The van der Waals surface area contributed by atoms with Crippen LogP contribution in [0.4, 0.5) is 5.69 Å². The number of carbonyl (C=O) groups is 2. The van der Waals surface area contributed by atoms with Gasteiger partial charge in [-0.05, 0) is 30.2 Å². The average Bonchev–Trinajstić information content (AvgIpc) is 2.58. The minimum atomic E-state index is -0.890. The molecule has 0 radical (unpaired) electrons. The highest BCUT2D eigenvalue weighted by Crippen LogP contribution is 2.18. The minimum Gasteiger partial charge on any atom is -0.481 e. The van der Waals surface area contributed by atoms with Gasteiger partial charge in [0.05, 0.1) is 19.6 Å². The number of hydrogen-bond donors (Lipinski definition) is 1. The molecule has 0 saturated carbocycles. The van der Waals surface area contributed by atoms with Crippen LogP contribution in [0.2, 0.25) is 0 Å². The zero-order valence-electron chi connectivity index (χ0n) is 14.4. The first-order valence-corrected chi connectivity index (χ1v) is 8.41. The Labute approximate surface area is 143 Å². The number of benzene rings is 1. The lowest BCUT2D eigenvalue weighted by Gasteiger charge is -2.29. The molecule has 0 spiro atoms. The highest BCUT2D eigenvalue weighted by atomic mass is 16.5. The molecule has 24 heavy (non-hydrogen) atoms. The molecule has 1 aromatic carbocycles. The van der Waals surface area contributed by atoms with Gasteiger partial charge in [0.2, 0.25) is 0 Å². The van der Waals surface area contributed by atoms with Crippen molar-refractivity contribution in [3.63, 3.8) is 0 Å². The number of hydrogen-bond acceptors (Lipinski definition) is 4. The van der Waals surface area contributed by atoms with Crippen LogP contribution in [0.1, 0.15) is 30.6 Å². The van der Waals surface area contributed by atoms with Crippen LogP contribution in [0.5, 0.6) is 0 Å². The zero-order chi connectivity index (χ0) is 17.5. The van der Waals surface area contributed by atoms with E-state index in [2.05, 4.69) is 4.90 Å². The Morgan fingerprint density at radius 1 is 1.21 bits per heavy atom. The molecule has 0 unspecified atom stereocenters. The van der Waals surface area contributed by atoms with E-state index in [1.807, 2.05) is 38.1 Å². The lowest BCUT2D eigenvalue weighted by Crippen LogP contribution is -2.37. The van der Waals surface area contributed by atoms with Crippen LogP contribution < -0.4 is 4.90 Å². The van der Waals surface area contributed by atoms with E-state index >= 15 is 0 Å². The molecule has 6 nitrogen and oxygen atoms in total. The summed E-state index contributed by atoms with van der Waals surface area (Å²) >= 11 is 0. The largest absolute Gasteiger partial charge is 0.481 e. The summed E-state index contributed by atoms with van der Waals surface area (Å²) in [4.78, 5) is 27.4. The molecule has 132 valence electrons. The molecule has 2 rings (SSSR count). The standard InChI is InChI=1S/C18H26N2O4/c1-14(2)13-20(8-7-17(21)22)18(23)15-3-5-16(6-4-15)19-9-11-24-12-10-19/h3-6,14H,7-13H2,1-2H3,(H,21,22). The van der Waals surface area contributed by atoms with Crippen LogP contribution in [0, 0.1) is 5.92 Å². The number of morpholine rings is 1. The van der Waals surface area contributed by atoms with Crippen molar-refractivity contribution in [2.75, 3.05) is 44.3 Å². The third-order valence-electron chi connectivity index (χ3n) is 3.96. The summed E-state index contributed by atoms with van der Waals surface area (Å²) in [6.07, 6.45) is -0.0374. The molecular formula is C18H26N2O4. The molecule has 1 amide bonds. The van der Waals surface area contributed by atoms with E-state index in [9.17, 15) is 9.59 Å². The van der Waals surface area contributed by atoms with Gasteiger partial charge >= 0.3 is 5.97 Å². The first-order chi connectivity index (χ1) is 11.5. The number of ether oxygens (including phenoxy) is 1. The average molecular weight is 334 g/mol. The summed E-state index contributed by atoms with van der Waals surface area (Å²) in [6, 6.07) is 7.54. The summed E-state index contributed by atoms with van der Waals surface area (Å²) in [5, 5.41) is 8.88. The van der Waals surface area contributed by atoms with Gasteiger partial charge in [0, 0.05) is 37.4 Å². The molecular weight excluding hydrogens is 308 g/mol. The first-order valence-electron chi connectivity index (χ1n) is 8.41. The number of carboxylic acid groups (broad SMARTS) is 1. The van der Waals surface area contributed by atoms with E-state index in [1.165, 1.54) is 0 Å². The Kier molecular flexibility index (Phi) is 6.61. The van der Waals surface area contributed by atoms with Gasteiger partial charge in [-0.15, -0.1) is 0 Å². The number of rotatable bonds is 7. The van der Waals surface area contributed by atoms with Crippen molar-refractivity contribution >= 4 is 17.6 Å². The van der Waals surface area contributed by atoms with Crippen LogP contribution in [-0.2, 0) is 9.53 Å². The second-order valence-electron chi connectivity index (χ2n) is 6.44. The second-order valence-corrected chi connectivity index (χ2v) is 6.44. The molecule has 1 aromatic rings. The maximum absolute atomic E-state index is 12.7. The highest BCUT2D eigenvalue weighted by Gasteiger charge is 2.18. The fraction of sp³-hybridized carbons (Fsp3) is 0.556. The quantitative estimate of drug-likeness (QED) is 0.827. The predicted octanol–water partition coefficient (Wildman–Crippen LogP) is 2.10. The van der Waals surface area contributed by atoms with Gasteiger partial charge in [0.25, 0.3) is 5.91 Å². The summed E-state index contributed by atoms with van der Waals surface area (Å²) in [5.74, 6) is -0.715. The normalized spacial score (nSPS) is 14.7. The molecule has 1 fully saturated rings. The Hall–Kier alpha value is -2.08. The predicted molar refractivity (Wildman–Crippen MR) is 92.5 cm³/mol. The summed E-state index contributed by atoms with van der Waals surface area (Å²) < 4.78 is 5.35. The monoisotopic (exact) mass is 334 g/mol. The molecule has 6 heteroatoms. The molecule has 1 aliphatic heterocycles. The fourth-order valence-electron chi connectivity index (χ4n) is 2.77. The molecule has 1 N–H and O–H groups in total. The number of aliphatic carboxylic acids is 1. The first kappa shape index (κ1) is 18.3. The second kappa shape index (κ2) is 8.68. The number of carbonyl (C=O) groups excluding carboxylic acids is 1. The Morgan fingerprint density at radius 3 is 2.38 bits per heavy atom. The van der Waals surface area contributed by atoms with Crippen molar-refractivity contribution < 1.29 is 19.4 Å². The molecule has 1 saturated heterocycles. The fourth-order valence-corrected chi connectivity index (χ4v) is 2.77. The molecule has 0 bridgehead atoms. The molecule has 0 aliphatic carbocycles. The van der Waals surface area contributed by atoms with Crippen molar-refractivity contribution in [1.82, 2.24) is 4.90 Å². The molecule has 0 aromatic heterocycles. The Morgan fingerprint density at radius 2 is 1.83 bits per heavy atom. The summed E-state index contributed by atoms with van der Waals surface area (Å²) in [5.41, 5.74) is 1.67. The summed E-state index contributed by atoms with van der Waals surface area (Å²) in [7, 11) is 0. The minimum absolute atomic E-state index is 0.0374. The van der Waals surface area contributed by atoms with Gasteiger partial charge in [0.15, 0.2) is 0 Å². The number of nitrogens with zero attached hydrogens (tertiary/aromatic N) is 2. The maximum atomic E-state index is 12.7. The van der Waals surface area contributed by atoms with E-state index in [1.54, 1.807) is 4.90 Å². The van der Waals surface area contributed by atoms with Crippen LogP contribution in [0.3, 0.4) is 0 Å². The van der Waals surface area contributed by atoms with E-state index < -0.39 is 5.97 Å². The third-order valence-corrected chi connectivity index (χ3v) is 3.96. The van der Waals surface area contributed by atoms with Crippen LogP contribution in [-0.4, -0.2) is 61.3 Å². The smallest absolute Gasteiger partial charge is 0.305 e. The van der Waals surface area contributed by atoms with Gasteiger partial charge in [-0.1, -0.05) is 13.8 Å². The molecule has 1 heterocycles. The van der Waals surface area contributed by atoms with Gasteiger partial charge in [-0.3, -0.25) is 9.59 Å². The molecule has 1 aliphatic rings. The SMILES string of the molecule is CC(C)CN(CCC(=O)O)C(=O)c1ccc(N2CCOCC2)cc1. The zero-order valence-corrected chi connectivity index (χ0v) is 14.4. The van der Waals surface area contributed by atoms with Gasteiger partial charge in [-0.2, -0.15) is 0 Å². The lowest BCUT2D eigenvalue weighted by molar-refractivity contribution is -0.137. The third kappa shape index (κ3) is 5.23. The Balaban J connectivity index is 2.06. The van der Waals surface area contributed by atoms with Crippen molar-refractivity contribution in [3.8, 4) is 0 Å². The van der Waals surface area contributed by atoms with Crippen molar-refractivity contribution in [1.29, 1.82) is 0 Å². The highest BCUT2D eigenvalue weighted by molar-refractivity contribution is 5.94.